The molecule has 1 N–H and O–H groups in total. The Morgan fingerprint density at radius 1 is 1.29 bits per heavy atom. The highest BCUT2D eigenvalue weighted by Crippen LogP contribution is 2.04. The van der Waals surface area contributed by atoms with E-state index < -0.39 is 5.91 Å². The smallest absolute Gasteiger partial charge is 0.284 e. The summed E-state index contributed by atoms with van der Waals surface area (Å²) in [5.41, 5.74) is 1.20. The third-order valence-electron chi connectivity index (χ3n) is 1.74. The molecule has 14 heavy (non-hydrogen) atoms. The van der Waals surface area contributed by atoms with E-state index in [2.05, 4.69) is 5.32 Å². The van der Waals surface area contributed by atoms with Crippen LogP contribution in [0.15, 0.2) is 24.3 Å². The molecule has 0 unspecified atom stereocenters. The van der Waals surface area contributed by atoms with Gasteiger partial charge in [0.15, 0.2) is 0 Å². The van der Waals surface area contributed by atoms with Crippen LogP contribution in [0.25, 0.3) is 0 Å². The van der Waals surface area contributed by atoms with Gasteiger partial charge < -0.3 is 5.32 Å². The first-order valence-electron chi connectivity index (χ1n) is 4.04. The molecule has 0 saturated carbocycles. The van der Waals surface area contributed by atoms with Gasteiger partial charge in [0.2, 0.25) is 6.29 Å². The first-order valence-corrected chi connectivity index (χ1v) is 4.04. The third-order valence-corrected chi connectivity index (χ3v) is 1.74. The van der Waals surface area contributed by atoms with Crippen LogP contribution in [0.2, 0.25) is 0 Å². The Bertz CT molecular complexity index is 360. The fraction of sp³-hybridized carbons (Fsp3) is 0.100. The third kappa shape index (κ3) is 2.52. The van der Waals surface area contributed by atoms with Crippen molar-refractivity contribution >= 4 is 18.5 Å². The minimum atomic E-state index is -0.689. The SMILES string of the molecule is O=CC(=O)NCc1ccccc1C=O. The molecule has 1 aromatic rings. The maximum Gasteiger partial charge on any atom is 0.284 e. The van der Waals surface area contributed by atoms with Crippen LogP contribution in [0.3, 0.4) is 0 Å². The minimum absolute atomic E-state index is 0.187. The number of hydrogen-bond acceptors (Lipinski definition) is 3. The van der Waals surface area contributed by atoms with Gasteiger partial charge in [0.1, 0.15) is 6.29 Å². The van der Waals surface area contributed by atoms with Crippen LogP contribution in [0.4, 0.5) is 0 Å². The lowest BCUT2D eigenvalue weighted by Crippen LogP contribution is -2.23. The van der Waals surface area contributed by atoms with Crippen LogP contribution in [0, 0.1) is 0 Å². The number of carbonyl (C=O) groups is 3. The van der Waals surface area contributed by atoms with Crippen molar-refractivity contribution in [1.29, 1.82) is 0 Å². The van der Waals surface area contributed by atoms with Crippen molar-refractivity contribution in [3.05, 3.63) is 35.4 Å². The van der Waals surface area contributed by atoms with Crippen molar-refractivity contribution in [3.8, 4) is 0 Å². The fourth-order valence-corrected chi connectivity index (χ4v) is 1.03. The van der Waals surface area contributed by atoms with Gasteiger partial charge in [-0.2, -0.15) is 0 Å². The molecule has 1 aromatic carbocycles. The number of benzene rings is 1. The van der Waals surface area contributed by atoms with E-state index in [0.29, 0.717) is 17.4 Å². The Morgan fingerprint density at radius 3 is 2.64 bits per heavy atom. The summed E-state index contributed by atoms with van der Waals surface area (Å²) in [6.45, 7) is 0.187. The van der Waals surface area contributed by atoms with Gasteiger partial charge in [-0.05, 0) is 5.56 Å². The Kier molecular flexibility index (Phi) is 3.55. The molecule has 0 aromatic heterocycles. The van der Waals surface area contributed by atoms with Crippen molar-refractivity contribution < 1.29 is 14.4 Å². The summed E-state index contributed by atoms with van der Waals surface area (Å²) < 4.78 is 0. The summed E-state index contributed by atoms with van der Waals surface area (Å²) in [7, 11) is 0. The molecule has 0 aliphatic rings. The van der Waals surface area contributed by atoms with E-state index in [4.69, 9.17) is 0 Å². The molecule has 0 atom stereocenters. The van der Waals surface area contributed by atoms with Crippen molar-refractivity contribution in [3.63, 3.8) is 0 Å². The monoisotopic (exact) mass is 191 g/mol. The van der Waals surface area contributed by atoms with E-state index >= 15 is 0 Å². The molecule has 0 fully saturated rings. The van der Waals surface area contributed by atoms with Crippen LogP contribution in [-0.2, 0) is 16.1 Å². The first-order chi connectivity index (χ1) is 6.77. The summed E-state index contributed by atoms with van der Waals surface area (Å²) >= 11 is 0. The van der Waals surface area contributed by atoms with Crippen LogP contribution >= 0.6 is 0 Å². The highest BCUT2D eigenvalue weighted by molar-refractivity contribution is 6.23. The molecule has 0 spiro atoms. The molecule has 1 rings (SSSR count). The van der Waals surface area contributed by atoms with E-state index in [-0.39, 0.29) is 12.8 Å². The van der Waals surface area contributed by atoms with E-state index in [0.717, 1.165) is 0 Å². The second-order valence-electron chi connectivity index (χ2n) is 2.65. The van der Waals surface area contributed by atoms with Gasteiger partial charge in [-0.15, -0.1) is 0 Å². The number of aldehydes is 2. The first kappa shape index (κ1) is 10.1. The summed E-state index contributed by atoms with van der Waals surface area (Å²) in [5.74, 6) is -0.689. The summed E-state index contributed by atoms with van der Waals surface area (Å²) in [4.78, 5) is 31.2. The van der Waals surface area contributed by atoms with E-state index in [9.17, 15) is 14.4 Å². The highest BCUT2D eigenvalue weighted by Gasteiger charge is 2.02. The summed E-state index contributed by atoms with van der Waals surface area (Å²) in [6, 6.07) is 6.86. The molecule has 0 bridgehead atoms. The zero-order valence-electron chi connectivity index (χ0n) is 7.40. The van der Waals surface area contributed by atoms with Crippen molar-refractivity contribution in [2.24, 2.45) is 0 Å². The Hall–Kier alpha value is -1.97. The van der Waals surface area contributed by atoms with Gasteiger partial charge in [0.05, 0.1) is 0 Å². The molecular weight excluding hydrogens is 182 g/mol. The Labute approximate surface area is 80.9 Å². The topological polar surface area (TPSA) is 63.2 Å². The minimum Gasteiger partial charge on any atom is -0.346 e. The average molecular weight is 191 g/mol. The van der Waals surface area contributed by atoms with Crippen LogP contribution in [0.1, 0.15) is 15.9 Å². The standard InChI is InChI=1S/C10H9NO3/c12-6-9-4-2-1-3-8(9)5-11-10(14)7-13/h1-4,6-7H,5H2,(H,11,14). The van der Waals surface area contributed by atoms with Gasteiger partial charge in [0, 0.05) is 12.1 Å². The largest absolute Gasteiger partial charge is 0.346 e. The molecule has 0 aliphatic heterocycles. The number of amides is 1. The molecule has 4 nitrogen and oxygen atoms in total. The van der Waals surface area contributed by atoms with Gasteiger partial charge in [-0.25, -0.2) is 0 Å². The average Bonchev–Trinajstić information content (AvgIpc) is 2.26. The zero-order chi connectivity index (χ0) is 10.4. The summed E-state index contributed by atoms with van der Waals surface area (Å²) in [6.07, 6.45) is 0.909. The predicted octanol–water partition coefficient (Wildman–Crippen LogP) is 0.314. The normalized spacial score (nSPS) is 9.14. The second-order valence-corrected chi connectivity index (χ2v) is 2.65. The number of hydrogen-bond donors (Lipinski definition) is 1. The lowest BCUT2D eigenvalue weighted by molar-refractivity contribution is -0.131. The quantitative estimate of drug-likeness (QED) is 0.550. The zero-order valence-corrected chi connectivity index (χ0v) is 7.40. The molecule has 0 heterocycles. The maximum absolute atomic E-state index is 10.6. The van der Waals surface area contributed by atoms with Crippen molar-refractivity contribution in [1.82, 2.24) is 5.32 Å². The fourth-order valence-electron chi connectivity index (χ4n) is 1.03. The molecule has 0 aliphatic carbocycles. The summed E-state index contributed by atoms with van der Waals surface area (Å²) in [5, 5.41) is 2.36. The molecule has 4 heteroatoms. The Morgan fingerprint density at radius 2 is 2.00 bits per heavy atom. The maximum atomic E-state index is 10.6. The van der Waals surface area contributed by atoms with Crippen LogP contribution < -0.4 is 5.32 Å². The number of nitrogens with one attached hydrogen (secondary N) is 1. The predicted molar refractivity (Wildman–Crippen MR) is 49.7 cm³/mol. The highest BCUT2D eigenvalue weighted by atomic mass is 16.2. The lowest BCUT2D eigenvalue weighted by Gasteiger charge is -2.03. The molecule has 0 saturated heterocycles. The Balaban J connectivity index is 2.70. The van der Waals surface area contributed by atoms with E-state index in [1.165, 1.54) is 0 Å². The van der Waals surface area contributed by atoms with E-state index in [1.807, 2.05) is 0 Å². The lowest BCUT2D eigenvalue weighted by atomic mass is 10.1. The molecule has 0 radical (unpaired) electrons. The van der Waals surface area contributed by atoms with Crippen LogP contribution in [0.5, 0.6) is 0 Å². The second kappa shape index (κ2) is 4.91. The molecule has 72 valence electrons. The van der Waals surface area contributed by atoms with Gasteiger partial charge in [0.25, 0.3) is 5.91 Å². The van der Waals surface area contributed by atoms with Crippen molar-refractivity contribution in [2.45, 2.75) is 6.54 Å². The van der Waals surface area contributed by atoms with Gasteiger partial charge >= 0.3 is 0 Å². The number of carbonyl (C=O) groups excluding carboxylic acids is 3. The number of rotatable bonds is 4. The van der Waals surface area contributed by atoms with Gasteiger partial charge in [-0.1, -0.05) is 24.3 Å². The molecule has 1 amide bonds. The molecular formula is C10H9NO3. The van der Waals surface area contributed by atoms with Crippen LogP contribution in [-0.4, -0.2) is 18.5 Å². The van der Waals surface area contributed by atoms with E-state index in [1.54, 1.807) is 24.3 Å². The van der Waals surface area contributed by atoms with Crippen molar-refractivity contribution in [2.75, 3.05) is 0 Å². The van der Waals surface area contributed by atoms with Gasteiger partial charge in [-0.3, -0.25) is 14.4 Å².